The molecule has 0 saturated carbocycles. The minimum Gasteiger partial charge on any atom is -0.481 e. The largest absolute Gasteiger partial charge is 0.481 e. The molecule has 0 spiro atoms. The number of nitrogens with one attached hydrogen (secondary N) is 1. The number of rotatable bonds is 5. The summed E-state index contributed by atoms with van der Waals surface area (Å²) in [5.41, 5.74) is 8.16. The van der Waals surface area contributed by atoms with Crippen LogP contribution in [-0.2, 0) is 11.2 Å². The number of hydrogen-bond acceptors (Lipinski definition) is 3. The molecule has 2 atom stereocenters. The Kier molecular flexibility index (Phi) is 4.57. The van der Waals surface area contributed by atoms with E-state index in [1.54, 1.807) is 6.92 Å². The van der Waals surface area contributed by atoms with Gasteiger partial charge in [0.1, 0.15) is 5.75 Å². The SMILES string of the molecule is CCC(C)(C)NC(=O)C(C)Oc1cccc2c1CCC2N. The third kappa shape index (κ3) is 3.56. The second-order valence-corrected chi connectivity index (χ2v) is 6.46. The zero-order valence-electron chi connectivity index (χ0n) is 13.4. The van der Waals surface area contributed by atoms with Crippen LogP contribution in [0, 0.1) is 0 Å². The Labute approximate surface area is 127 Å². The first-order valence-electron chi connectivity index (χ1n) is 7.70. The van der Waals surface area contributed by atoms with Gasteiger partial charge in [0.2, 0.25) is 0 Å². The molecule has 1 aromatic carbocycles. The Morgan fingerprint density at radius 2 is 2.24 bits per heavy atom. The summed E-state index contributed by atoms with van der Waals surface area (Å²) in [6.07, 6.45) is 2.22. The monoisotopic (exact) mass is 290 g/mol. The van der Waals surface area contributed by atoms with E-state index < -0.39 is 6.10 Å². The van der Waals surface area contributed by atoms with E-state index in [9.17, 15) is 4.79 Å². The van der Waals surface area contributed by atoms with E-state index in [0.717, 1.165) is 36.1 Å². The van der Waals surface area contributed by atoms with Crippen molar-refractivity contribution in [2.75, 3.05) is 0 Å². The second-order valence-electron chi connectivity index (χ2n) is 6.46. The maximum absolute atomic E-state index is 12.2. The number of nitrogens with two attached hydrogens (primary N) is 1. The molecular weight excluding hydrogens is 264 g/mol. The van der Waals surface area contributed by atoms with Crippen molar-refractivity contribution in [1.82, 2.24) is 5.32 Å². The predicted molar refractivity (Wildman–Crippen MR) is 84.3 cm³/mol. The molecule has 3 N–H and O–H groups in total. The Morgan fingerprint density at radius 1 is 1.52 bits per heavy atom. The molecule has 0 aromatic heterocycles. The minimum atomic E-state index is -0.515. The first-order chi connectivity index (χ1) is 9.84. The molecule has 0 saturated heterocycles. The van der Waals surface area contributed by atoms with E-state index in [2.05, 4.69) is 12.2 Å². The van der Waals surface area contributed by atoms with Gasteiger partial charge >= 0.3 is 0 Å². The Morgan fingerprint density at radius 3 is 2.90 bits per heavy atom. The van der Waals surface area contributed by atoms with E-state index in [1.165, 1.54) is 0 Å². The lowest BCUT2D eigenvalue weighted by atomic mass is 10.0. The molecule has 0 bridgehead atoms. The van der Waals surface area contributed by atoms with Crippen molar-refractivity contribution in [1.29, 1.82) is 0 Å². The number of hydrogen-bond donors (Lipinski definition) is 2. The standard InChI is InChI=1S/C17H26N2O2/c1-5-17(3,4)19-16(20)11(2)21-15-8-6-7-12-13(15)9-10-14(12)18/h6-8,11,14H,5,9-10,18H2,1-4H3,(H,19,20). The lowest BCUT2D eigenvalue weighted by Crippen LogP contribution is -2.48. The van der Waals surface area contributed by atoms with Crippen molar-refractivity contribution >= 4 is 5.91 Å². The van der Waals surface area contributed by atoms with Crippen LogP contribution >= 0.6 is 0 Å². The fraction of sp³-hybridized carbons (Fsp3) is 0.588. The lowest BCUT2D eigenvalue weighted by molar-refractivity contribution is -0.129. The molecule has 4 heteroatoms. The van der Waals surface area contributed by atoms with Crippen molar-refractivity contribution in [2.24, 2.45) is 5.73 Å². The van der Waals surface area contributed by atoms with Crippen LogP contribution in [0.4, 0.5) is 0 Å². The van der Waals surface area contributed by atoms with Crippen molar-refractivity contribution in [3.8, 4) is 5.75 Å². The highest BCUT2D eigenvalue weighted by Crippen LogP contribution is 2.35. The van der Waals surface area contributed by atoms with Crippen molar-refractivity contribution < 1.29 is 9.53 Å². The molecule has 0 radical (unpaired) electrons. The zero-order chi connectivity index (χ0) is 15.6. The zero-order valence-corrected chi connectivity index (χ0v) is 13.4. The summed E-state index contributed by atoms with van der Waals surface area (Å²) < 4.78 is 5.89. The summed E-state index contributed by atoms with van der Waals surface area (Å²) in [5.74, 6) is 0.708. The molecule has 1 amide bonds. The molecule has 0 fully saturated rings. The minimum absolute atomic E-state index is 0.0817. The van der Waals surface area contributed by atoms with Crippen LogP contribution in [-0.4, -0.2) is 17.6 Å². The van der Waals surface area contributed by atoms with E-state index in [4.69, 9.17) is 10.5 Å². The Hall–Kier alpha value is -1.55. The van der Waals surface area contributed by atoms with Gasteiger partial charge < -0.3 is 15.8 Å². The molecule has 0 aliphatic heterocycles. The summed E-state index contributed by atoms with van der Waals surface area (Å²) in [7, 11) is 0. The number of benzene rings is 1. The van der Waals surface area contributed by atoms with Crippen LogP contribution in [0.25, 0.3) is 0 Å². The first-order valence-corrected chi connectivity index (χ1v) is 7.70. The van der Waals surface area contributed by atoms with Gasteiger partial charge in [-0.2, -0.15) is 0 Å². The maximum Gasteiger partial charge on any atom is 0.261 e. The fourth-order valence-electron chi connectivity index (χ4n) is 2.53. The average molecular weight is 290 g/mol. The Bertz CT molecular complexity index is 526. The molecule has 0 heterocycles. The summed E-state index contributed by atoms with van der Waals surface area (Å²) in [6, 6.07) is 6.00. The van der Waals surface area contributed by atoms with Crippen LogP contribution in [0.5, 0.6) is 5.75 Å². The van der Waals surface area contributed by atoms with Crippen molar-refractivity contribution in [2.45, 2.75) is 64.6 Å². The van der Waals surface area contributed by atoms with Crippen molar-refractivity contribution in [3.05, 3.63) is 29.3 Å². The smallest absolute Gasteiger partial charge is 0.261 e. The number of carbonyl (C=O) groups is 1. The van der Waals surface area contributed by atoms with E-state index >= 15 is 0 Å². The number of fused-ring (bicyclic) bond motifs is 1. The van der Waals surface area contributed by atoms with Gasteiger partial charge in [-0.1, -0.05) is 19.1 Å². The van der Waals surface area contributed by atoms with Gasteiger partial charge in [0.15, 0.2) is 6.10 Å². The first kappa shape index (κ1) is 15.8. The van der Waals surface area contributed by atoms with Gasteiger partial charge in [-0.05, 0) is 57.2 Å². The van der Waals surface area contributed by atoms with Gasteiger partial charge in [-0.15, -0.1) is 0 Å². The molecule has 4 nitrogen and oxygen atoms in total. The number of ether oxygens (including phenoxy) is 1. The van der Waals surface area contributed by atoms with Crippen LogP contribution in [0.2, 0.25) is 0 Å². The quantitative estimate of drug-likeness (QED) is 0.876. The number of amides is 1. The molecule has 2 unspecified atom stereocenters. The summed E-state index contributed by atoms with van der Waals surface area (Å²) in [4.78, 5) is 12.2. The molecular formula is C17H26N2O2. The topological polar surface area (TPSA) is 64.3 Å². The maximum atomic E-state index is 12.2. The summed E-state index contributed by atoms with van der Waals surface area (Å²) in [5, 5.41) is 3.01. The van der Waals surface area contributed by atoms with E-state index in [0.29, 0.717) is 0 Å². The van der Waals surface area contributed by atoms with Gasteiger partial charge in [-0.25, -0.2) is 0 Å². The molecule has 1 aliphatic carbocycles. The van der Waals surface area contributed by atoms with Crippen molar-refractivity contribution in [3.63, 3.8) is 0 Å². The summed E-state index contributed by atoms with van der Waals surface area (Å²) >= 11 is 0. The van der Waals surface area contributed by atoms with Crippen LogP contribution < -0.4 is 15.8 Å². The molecule has 1 aliphatic rings. The molecule has 21 heavy (non-hydrogen) atoms. The Balaban J connectivity index is 2.07. The lowest BCUT2D eigenvalue weighted by Gasteiger charge is -2.27. The van der Waals surface area contributed by atoms with Gasteiger partial charge in [0.25, 0.3) is 5.91 Å². The van der Waals surface area contributed by atoms with Gasteiger partial charge in [-0.3, -0.25) is 4.79 Å². The second kappa shape index (κ2) is 6.06. The van der Waals surface area contributed by atoms with Crippen LogP contribution in [0.15, 0.2) is 18.2 Å². The van der Waals surface area contributed by atoms with E-state index in [-0.39, 0.29) is 17.5 Å². The summed E-state index contributed by atoms with van der Waals surface area (Å²) in [6.45, 7) is 7.86. The van der Waals surface area contributed by atoms with Crippen LogP contribution in [0.1, 0.15) is 57.7 Å². The predicted octanol–water partition coefficient (Wildman–Crippen LogP) is 2.70. The van der Waals surface area contributed by atoms with Crippen LogP contribution in [0.3, 0.4) is 0 Å². The normalized spacial score (nSPS) is 19.0. The number of carbonyl (C=O) groups excluding carboxylic acids is 1. The van der Waals surface area contributed by atoms with Gasteiger partial charge in [0.05, 0.1) is 0 Å². The highest BCUT2D eigenvalue weighted by molar-refractivity contribution is 5.81. The average Bonchev–Trinajstić information content (AvgIpc) is 2.81. The third-order valence-electron chi connectivity index (χ3n) is 4.29. The molecule has 116 valence electrons. The fourth-order valence-corrected chi connectivity index (χ4v) is 2.53. The third-order valence-corrected chi connectivity index (χ3v) is 4.29. The molecule has 1 aromatic rings. The van der Waals surface area contributed by atoms with Gasteiger partial charge in [0, 0.05) is 11.6 Å². The molecule has 2 rings (SSSR count). The van der Waals surface area contributed by atoms with E-state index in [1.807, 2.05) is 32.0 Å². The highest BCUT2D eigenvalue weighted by Gasteiger charge is 2.26. The highest BCUT2D eigenvalue weighted by atomic mass is 16.5.